The highest BCUT2D eigenvalue weighted by Crippen LogP contribution is 2.42. The number of carbonyl (C=O) groups excluding carboxylic acids is 2. The molecule has 2 aromatic rings. The molecule has 1 amide bonds. The minimum atomic E-state index is -1.14. The van der Waals surface area contributed by atoms with E-state index in [1.807, 2.05) is 20.8 Å². The average Bonchev–Trinajstić information content (AvgIpc) is 2.80. The number of halogens is 1. The van der Waals surface area contributed by atoms with E-state index in [0.717, 1.165) is 6.08 Å². The topological polar surface area (TPSA) is 85.3 Å². The van der Waals surface area contributed by atoms with E-state index in [0.29, 0.717) is 53.1 Å². The number of amides is 1. The number of aliphatic hydroxyl groups excluding tert-OH is 1. The fraction of sp³-hybridized carbons (Fsp3) is 0.385. The van der Waals surface area contributed by atoms with Crippen LogP contribution < -0.4 is 14.4 Å². The van der Waals surface area contributed by atoms with E-state index in [9.17, 15) is 14.7 Å². The average molecular weight is 488 g/mol. The zero-order valence-electron chi connectivity index (χ0n) is 19.8. The lowest BCUT2D eigenvalue weighted by molar-refractivity contribution is -0.137. The number of benzene rings is 2. The maximum absolute atomic E-state index is 13.2. The predicted molar refractivity (Wildman–Crippen MR) is 131 cm³/mol. The van der Waals surface area contributed by atoms with Crippen LogP contribution in [0.1, 0.15) is 44.9 Å². The van der Waals surface area contributed by atoms with E-state index in [4.69, 9.17) is 25.8 Å². The first kappa shape index (κ1) is 25.6. The van der Waals surface area contributed by atoms with Crippen molar-refractivity contribution in [3.05, 3.63) is 64.7 Å². The van der Waals surface area contributed by atoms with Gasteiger partial charge in [0.25, 0.3) is 5.91 Å². The van der Waals surface area contributed by atoms with Crippen LogP contribution in [0.15, 0.2) is 48.6 Å². The van der Waals surface area contributed by atoms with E-state index in [-0.39, 0.29) is 12.0 Å². The van der Waals surface area contributed by atoms with E-state index >= 15 is 0 Å². The predicted octanol–water partition coefficient (Wildman–Crippen LogP) is 4.69. The first-order chi connectivity index (χ1) is 16.1. The zero-order chi connectivity index (χ0) is 24.9. The Morgan fingerprint density at radius 1 is 1.15 bits per heavy atom. The van der Waals surface area contributed by atoms with Crippen molar-refractivity contribution in [1.82, 2.24) is 0 Å². The number of rotatable bonds is 7. The van der Waals surface area contributed by atoms with Crippen molar-refractivity contribution in [3.63, 3.8) is 0 Å². The fourth-order valence-electron chi connectivity index (χ4n) is 3.65. The molecule has 0 bridgehead atoms. The lowest BCUT2D eigenvalue weighted by Gasteiger charge is -2.32. The lowest BCUT2D eigenvalue weighted by atomic mass is 9.93. The van der Waals surface area contributed by atoms with E-state index in [2.05, 4.69) is 0 Å². The van der Waals surface area contributed by atoms with Gasteiger partial charge in [0.05, 0.1) is 12.3 Å². The Hall–Kier alpha value is -3.03. The summed E-state index contributed by atoms with van der Waals surface area (Å²) in [4.78, 5) is 26.5. The monoisotopic (exact) mass is 487 g/mol. The van der Waals surface area contributed by atoms with Crippen LogP contribution >= 0.6 is 11.6 Å². The largest absolute Gasteiger partial charge is 0.486 e. The molecule has 34 heavy (non-hydrogen) atoms. The molecule has 0 radical (unpaired) electrons. The molecule has 8 heteroatoms. The van der Waals surface area contributed by atoms with Gasteiger partial charge in [-0.2, -0.15) is 0 Å². The van der Waals surface area contributed by atoms with Gasteiger partial charge in [0.15, 0.2) is 11.5 Å². The third-order valence-electron chi connectivity index (χ3n) is 5.01. The Bertz CT molecular complexity index is 1080. The minimum Gasteiger partial charge on any atom is -0.486 e. The molecule has 0 spiro atoms. The number of carbonyl (C=O) groups is 2. The first-order valence-corrected chi connectivity index (χ1v) is 11.5. The van der Waals surface area contributed by atoms with Crippen LogP contribution in [0.3, 0.4) is 0 Å². The minimum absolute atomic E-state index is 0.212. The van der Waals surface area contributed by atoms with Crippen LogP contribution in [0.2, 0.25) is 5.02 Å². The molecule has 182 valence electrons. The van der Waals surface area contributed by atoms with Crippen molar-refractivity contribution in [2.45, 2.75) is 33.8 Å². The van der Waals surface area contributed by atoms with Gasteiger partial charge in [0.1, 0.15) is 19.3 Å². The third kappa shape index (κ3) is 6.30. The molecular weight excluding hydrogens is 458 g/mol. The summed E-state index contributed by atoms with van der Waals surface area (Å²) in [5.74, 6) is -0.0149. The second-order valence-electron chi connectivity index (χ2n) is 9.05. The van der Waals surface area contributed by atoms with Crippen LogP contribution in [-0.4, -0.2) is 43.3 Å². The summed E-state index contributed by atoms with van der Waals surface area (Å²) >= 11 is 6.30. The van der Waals surface area contributed by atoms with Crippen LogP contribution in [0.25, 0.3) is 0 Å². The number of ether oxygens (including phenoxy) is 3. The second-order valence-corrected chi connectivity index (χ2v) is 9.48. The standard InChI is InChI=1S/C26H30ClNO6/c1-5-32-23(30)12-11-22(29)28(16-26(2,3)4)20-10-9-17(27)15-19(20)24(31)18-7-6-8-21-25(18)34-14-13-33-21/h6-12,15,24,31H,5,13-14,16H2,1-4H3. The third-order valence-corrected chi connectivity index (χ3v) is 5.25. The van der Waals surface area contributed by atoms with Gasteiger partial charge in [-0.15, -0.1) is 0 Å². The molecule has 1 aliphatic rings. The maximum Gasteiger partial charge on any atom is 0.330 e. The number of aliphatic hydroxyl groups is 1. The number of anilines is 1. The number of fused-ring (bicyclic) bond motifs is 1. The van der Waals surface area contributed by atoms with Crippen molar-refractivity contribution >= 4 is 29.2 Å². The summed E-state index contributed by atoms with van der Waals surface area (Å²) in [5.41, 5.74) is 1.13. The van der Waals surface area contributed by atoms with E-state index < -0.39 is 18.0 Å². The Morgan fingerprint density at radius 2 is 1.88 bits per heavy atom. The molecule has 1 heterocycles. The quantitative estimate of drug-likeness (QED) is 0.450. The normalized spacial score (nSPS) is 14.1. The molecule has 2 aromatic carbocycles. The number of hydrogen-bond donors (Lipinski definition) is 1. The van der Waals surface area contributed by atoms with Gasteiger partial charge in [0, 0.05) is 34.8 Å². The molecule has 0 fully saturated rings. The SMILES string of the molecule is CCOC(=O)C=CC(=O)N(CC(C)(C)C)c1ccc(Cl)cc1C(O)c1cccc2c1OCCO2. The summed E-state index contributed by atoms with van der Waals surface area (Å²) < 4.78 is 16.3. The highest BCUT2D eigenvalue weighted by atomic mass is 35.5. The summed E-state index contributed by atoms with van der Waals surface area (Å²) in [6.45, 7) is 9.00. The van der Waals surface area contributed by atoms with Gasteiger partial charge in [-0.1, -0.05) is 44.5 Å². The van der Waals surface area contributed by atoms with Crippen molar-refractivity contribution in [1.29, 1.82) is 0 Å². The van der Waals surface area contributed by atoms with Crippen LogP contribution in [0.5, 0.6) is 11.5 Å². The number of nitrogens with zero attached hydrogens (tertiary/aromatic N) is 1. The van der Waals surface area contributed by atoms with Crippen molar-refractivity contribution in [2.75, 3.05) is 31.3 Å². The fourth-order valence-corrected chi connectivity index (χ4v) is 3.83. The second kappa shape index (κ2) is 10.9. The van der Waals surface area contributed by atoms with Gasteiger partial charge >= 0.3 is 5.97 Å². The molecule has 0 saturated carbocycles. The van der Waals surface area contributed by atoms with Crippen LogP contribution in [0.4, 0.5) is 5.69 Å². The molecule has 1 aliphatic heterocycles. The van der Waals surface area contributed by atoms with Crippen molar-refractivity contribution < 1.29 is 28.9 Å². The molecule has 7 nitrogen and oxygen atoms in total. The smallest absolute Gasteiger partial charge is 0.330 e. The summed E-state index contributed by atoms with van der Waals surface area (Å²) in [5, 5.41) is 11.9. The highest BCUT2D eigenvalue weighted by molar-refractivity contribution is 6.30. The zero-order valence-corrected chi connectivity index (χ0v) is 20.6. The summed E-state index contributed by atoms with van der Waals surface area (Å²) in [7, 11) is 0. The maximum atomic E-state index is 13.2. The molecule has 1 N–H and O–H groups in total. The molecule has 1 atom stereocenters. The molecule has 3 rings (SSSR count). The van der Waals surface area contributed by atoms with Gasteiger partial charge in [-0.3, -0.25) is 4.79 Å². The van der Waals surface area contributed by atoms with Gasteiger partial charge in [-0.25, -0.2) is 4.79 Å². The molecule has 1 unspecified atom stereocenters. The number of para-hydroxylation sites is 1. The molecule has 0 saturated heterocycles. The van der Waals surface area contributed by atoms with E-state index in [1.165, 1.54) is 11.0 Å². The highest BCUT2D eigenvalue weighted by Gasteiger charge is 2.29. The van der Waals surface area contributed by atoms with Gasteiger partial charge < -0.3 is 24.2 Å². The van der Waals surface area contributed by atoms with Crippen molar-refractivity contribution in [2.24, 2.45) is 5.41 Å². The first-order valence-electron chi connectivity index (χ1n) is 11.1. The van der Waals surface area contributed by atoms with Gasteiger partial charge in [0.2, 0.25) is 0 Å². The van der Waals surface area contributed by atoms with Crippen LogP contribution in [-0.2, 0) is 14.3 Å². The van der Waals surface area contributed by atoms with Crippen molar-refractivity contribution in [3.8, 4) is 11.5 Å². The van der Waals surface area contributed by atoms with E-state index in [1.54, 1.807) is 43.3 Å². The summed E-state index contributed by atoms with van der Waals surface area (Å²) in [6, 6.07) is 10.3. The molecule has 0 aromatic heterocycles. The Morgan fingerprint density at radius 3 is 2.59 bits per heavy atom. The summed E-state index contributed by atoms with van der Waals surface area (Å²) in [6.07, 6.45) is 1.14. The lowest BCUT2D eigenvalue weighted by Crippen LogP contribution is -2.38. The number of esters is 1. The molecule has 0 aliphatic carbocycles. The van der Waals surface area contributed by atoms with Crippen LogP contribution in [0, 0.1) is 5.41 Å². The Kier molecular flexibility index (Phi) is 8.23. The molecular formula is C26H30ClNO6. The Labute approximate surface area is 204 Å². The number of hydrogen-bond acceptors (Lipinski definition) is 6. The Balaban J connectivity index is 2.06. The van der Waals surface area contributed by atoms with Gasteiger partial charge in [-0.05, 0) is 36.6 Å².